The van der Waals surface area contributed by atoms with Gasteiger partial charge >= 0.3 is 0 Å². The zero-order chi connectivity index (χ0) is 18.6. The van der Waals surface area contributed by atoms with Gasteiger partial charge in [-0.2, -0.15) is 0 Å². The molecule has 3 aromatic carbocycles. The summed E-state index contributed by atoms with van der Waals surface area (Å²) < 4.78 is 1.16. The summed E-state index contributed by atoms with van der Waals surface area (Å²) in [5.74, 6) is 0. The highest BCUT2D eigenvalue weighted by Crippen LogP contribution is 2.46. The first-order valence-electron chi connectivity index (χ1n) is 9.50. The van der Waals surface area contributed by atoms with Gasteiger partial charge in [-0.05, 0) is 77.4 Å². The molecular weight excluding hydrogens is 396 g/mol. The Hall–Kier alpha value is -2.26. The number of nitrogens with zero attached hydrogens (tertiary/aromatic N) is 2. The van der Waals surface area contributed by atoms with Gasteiger partial charge in [0.25, 0.3) is 0 Å². The van der Waals surface area contributed by atoms with Crippen LogP contribution in [0.5, 0.6) is 0 Å². The monoisotopic (exact) mass is 416 g/mol. The number of benzene rings is 3. The van der Waals surface area contributed by atoms with Crippen LogP contribution in [0.15, 0.2) is 59.5 Å². The average Bonchev–Trinajstić information content (AvgIpc) is 2.71. The molecule has 2 nitrogen and oxygen atoms in total. The van der Waals surface area contributed by atoms with Gasteiger partial charge in [0.1, 0.15) is 0 Å². The highest BCUT2D eigenvalue weighted by molar-refractivity contribution is 9.10. The van der Waals surface area contributed by atoms with Gasteiger partial charge in [0.05, 0.1) is 5.69 Å². The molecule has 27 heavy (non-hydrogen) atoms. The van der Waals surface area contributed by atoms with Crippen LogP contribution in [0.3, 0.4) is 0 Å². The van der Waals surface area contributed by atoms with E-state index in [-0.39, 0.29) is 5.41 Å². The van der Waals surface area contributed by atoms with Crippen molar-refractivity contribution in [2.75, 3.05) is 0 Å². The van der Waals surface area contributed by atoms with E-state index in [9.17, 15) is 0 Å². The van der Waals surface area contributed by atoms with E-state index < -0.39 is 0 Å². The summed E-state index contributed by atoms with van der Waals surface area (Å²) in [6.07, 6.45) is 8.94. The fourth-order valence-electron chi connectivity index (χ4n) is 4.85. The first-order chi connectivity index (χ1) is 13.1. The van der Waals surface area contributed by atoms with Crippen LogP contribution in [0.25, 0.3) is 21.5 Å². The van der Waals surface area contributed by atoms with Crippen molar-refractivity contribution in [3.05, 3.63) is 81.8 Å². The minimum absolute atomic E-state index is 0.0978. The van der Waals surface area contributed by atoms with Crippen LogP contribution in [-0.2, 0) is 11.8 Å². The molecule has 1 aliphatic carbocycles. The van der Waals surface area contributed by atoms with Crippen LogP contribution < -0.4 is 0 Å². The van der Waals surface area contributed by atoms with Crippen molar-refractivity contribution < 1.29 is 0 Å². The van der Waals surface area contributed by atoms with Crippen molar-refractivity contribution in [3.8, 4) is 0 Å². The van der Waals surface area contributed by atoms with E-state index in [1.165, 1.54) is 44.7 Å². The lowest BCUT2D eigenvalue weighted by Gasteiger charge is -2.36. The Morgan fingerprint density at radius 2 is 1.67 bits per heavy atom. The molecular formula is C24H21BrN2. The Kier molecular flexibility index (Phi) is 3.83. The Morgan fingerprint density at radius 3 is 2.48 bits per heavy atom. The second-order valence-corrected chi connectivity index (χ2v) is 8.66. The second-order valence-electron chi connectivity index (χ2n) is 7.80. The lowest BCUT2D eigenvalue weighted by atomic mass is 9.67. The molecule has 0 bridgehead atoms. The first kappa shape index (κ1) is 16.9. The summed E-state index contributed by atoms with van der Waals surface area (Å²) in [5.41, 5.74) is 5.16. The maximum atomic E-state index is 4.70. The molecule has 0 fully saturated rings. The van der Waals surface area contributed by atoms with Crippen molar-refractivity contribution in [1.82, 2.24) is 9.97 Å². The summed E-state index contributed by atoms with van der Waals surface area (Å²) in [6.45, 7) is 4.52. The van der Waals surface area contributed by atoms with Gasteiger partial charge in [0.15, 0.2) is 0 Å². The number of hydrogen-bond donors (Lipinski definition) is 0. The first-order valence-corrected chi connectivity index (χ1v) is 10.3. The molecule has 0 N–H and O–H groups in total. The molecule has 0 saturated carbocycles. The second kappa shape index (κ2) is 6.13. The minimum Gasteiger partial charge on any atom is -0.261 e. The predicted octanol–water partition coefficient (Wildman–Crippen LogP) is 6.50. The quantitative estimate of drug-likeness (QED) is 0.331. The number of hydrogen-bond acceptors (Lipinski definition) is 2. The lowest BCUT2D eigenvalue weighted by Crippen LogP contribution is -2.30. The molecule has 0 saturated heterocycles. The summed E-state index contributed by atoms with van der Waals surface area (Å²) in [5, 5.41) is 5.32. The highest BCUT2D eigenvalue weighted by Gasteiger charge is 2.36. The maximum absolute atomic E-state index is 4.70. The molecule has 0 radical (unpaired) electrons. The summed E-state index contributed by atoms with van der Waals surface area (Å²) in [4.78, 5) is 9.06. The van der Waals surface area contributed by atoms with Crippen molar-refractivity contribution in [1.29, 1.82) is 0 Å². The van der Waals surface area contributed by atoms with Gasteiger partial charge in [-0.25, -0.2) is 0 Å². The zero-order valence-electron chi connectivity index (χ0n) is 15.6. The Balaban J connectivity index is 1.88. The smallest absolute Gasteiger partial charge is 0.0689 e. The van der Waals surface area contributed by atoms with E-state index >= 15 is 0 Å². The summed E-state index contributed by atoms with van der Waals surface area (Å²) in [6, 6.07) is 13.6. The van der Waals surface area contributed by atoms with Crippen molar-refractivity contribution >= 4 is 37.5 Å². The van der Waals surface area contributed by atoms with Crippen molar-refractivity contribution in [2.45, 2.75) is 38.5 Å². The van der Waals surface area contributed by atoms with Crippen LogP contribution >= 0.6 is 15.9 Å². The number of halogens is 1. The molecule has 3 heteroatoms. The fraction of sp³-hybridized carbons (Fsp3) is 0.250. The lowest BCUT2D eigenvalue weighted by molar-refractivity contribution is 0.456. The molecule has 1 heterocycles. The van der Waals surface area contributed by atoms with Gasteiger partial charge in [-0.3, -0.25) is 9.97 Å². The molecule has 0 aliphatic heterocycles. The molecule has 1 atom stereocenters. The SMILES string of the molecule is Cc1c(Br)ccc2c1ccc1c3c(ccc12)CCCC3(C)c1cnccn1. The van der Waals surface area contributed by atoms with E-state index in [1.54, 1.807) is 6.20 Å². The van der Waals surface area contributed by atoms with Crippen LogP contribution in [0.4, 0.5) is 0 Å². The third kappa shape index (κ3) is 2.45. The van der Waals surface area contributed by atoms with Crippen LogP contribution in [0.2, 0.25) is 0 Å². The van der Waals surface area contributed by atoms with Crippen LogP contribution in [0, 0.1) is 6.92 Å². The van der Waals surface area contributed by atoms with E-state index in [4.69, 9.17) is 4.98 Å². The molecule has 0 amide bonds. The van der Waals surface area contributed by atoms with Gasteiger partial charge < -0.3 is 0 Å². The number of rotatable bonds is 1. The molecule has 5 rings (SSSR count). The Bertz CT molecular complexity index is 1180. The average molecular weight is 417 g/mol. The molecule has 4 aromatic rings. The maximum Gasteiger partial charge on any atom is 0.0689 e. The molecule has 1 aliphatic rings. The Morgan fingerprint density at radius 1 is 0.926 bits per heavy atom. The summed E-state index contributed by atoms with van der Waals surface area (Å²) >= 11 is 3.67. The van der Waals surface area contributed by atoms with E-state index in [2.05, 4.69) is 71.2 Å². The van der Waals surface area contributed by atoms with E-state index in [0.717, 1.165) is 23.0 Å². The van der Waals surface area contributed by atoms with Gasteiger partial charge in [0, 0.05) is 28.5 Å². The van der Waals surface area contributed by atoms with Gasteiger partial charge in [-0.1, -0.05) is 46.3 Å². The third-order valence-corrected chi connectivity index (χ3v) is 7.15. The number of fused-ring (bicyclic) bond motifs is 5. The predicted molar refractivity (Wildman–Crippen MR) is 115 cm³/mol. The van der Waals surface area contributed by atoms with Crippen molar-refractivity contribution in [2.24, 2.45) is 0 Å². The topological polar surface area (TPSA) is 25.8 Å². The normalized spacial score (nSPS) is 19.4. The Labute approximate surface area is 167 Å². The van der Waals surface area contributed by atoms with Gasteiger partial charge in [0.2, 0.25) is 0 Å². The zero-order valence-corrected chi connectivity index (χ0v) is 17.2. The highest BCUT2D eigenvalue weighted by atomic mass is 79.9. The minimum atomic E-state index is -0.0978. The summed E-state index contributed by atoms with van der Waals surface area (Å²) in [7, 11) is 0. The molecule has 1 unspecified atom stereocenters. The number of aromatic nitrogens is 2. The molecule has 134 valence electrons. The third-order valence-electron chi connectivity index (χ3n) is 6.29. The molecule has 1 aromatic heterocycles. The molecule has 0 spiro atoms. The largest absolute Gasteiger partial charge is 0.261 e. The van der Waals surface area contributed by atoms with Crippen molar-refractivity contribution in [3.63, 3.8) is 0 Å². The number of aryl methyl sites for hydroxylation is 2. The van der Waals surface area contributed by atoms with Crippen LogP contribution in [-0.4, -0.2) is 9.97 Å². The van der Waals surface area contributed by atoms with E-state index in [1.807, 2.05) is 12.4 Å². The van der Waals surface area contributed by atoms with Crippen LogP contribution in [0.1, 0.15) is 42.1 Å². The fourth-order valence-corrected chi connectivity index (χ4v) is 5.19. The van der Waals surface area contributed by atoms with Gasteiger partial charge in [-0.15, -0.1) is 0 Å². The van der Waals surface area contributed by atoms with E-state index in [0.29, 0.717) is 0 Å². The standard InChI is InChI=1S/C24H21BrN2/c1-15-17-7-8-20-19(18(17)9-10-21(15)25)6-5-16-4-3-11-24(2,23(16)20)22-14-26-12-13-27-22/h5-10,12-14H,3-4,11H2,1-2H3.